The van der Waals surface area contributed by atoms with E-state index in [4.69, 9.17) is 14.2 Å². The third-order valence-electron chi connectivity index (χ3n) is 14.7. The Bertz CT molecular complexity index is 1420. The van der Waals surface area contributed by atoms with Gasteiger partial charge in [-0.15, -0.1) is 0 Å². The molecule has 6 heteroatoms. The summed E-state index contributed by atoms with van der Waals surface area (Å²) in [5.74, 6) is -0.869. The zero-order valence-electron chi connectivity index (χ0n) is 51.2. The summed E-state index contributed by atoms with van der Waals surface area (Å²) < 4.78 is 17.0. The number of carbonyl (C=O) groups excluding carboxylic acids is 3. The predicted molar refractivity (Wildman–Crippen MR) is 335 cm³/mol. The minimum absolute atomic E-state index is 0.0761. The van der Waals surface area contributed by atoms with Crippen LogP contribution in [0.2, 0.25) is 0 Å². The number of carbonyl (C=O) groups is 3. The van der Waals surface area contributed by atoms with Crippen molar-refractivity contribution in [2.45, 2.75) is 348 Å². The number of hydrogen-bond donors (Lipinski definition) is 0. The van der Waals surface area contributed by atoms with Crippen LogP contribution in [0.3, 0.4) is 0 Å². The molecule has 1 atom stereocenters. The van der Waals surface area contributed by atoms with Gasteiger partial charge in [0, 0.05) is 19.3 Å². The molecule has 6 nitrogen and oxygen atoms in total. The maximum Gasteiger partial charge on any atom is 0.306 e. The van der Waals surface area contributed by atoms with Gasteiger partial charge in [0.1, 0.15) is 13.2 Å². The van der Waals surface area contributed by atoms with Crippen molar-refractivity contribution in [2.24, 2.45) is 0 Å². The van der Waals surface area contributed by atoms with Crippen molar-refractivity contribution < 1.29 is 28.6 Å². The van der Waals surface area contributed by atoms with Crippen LogP contribution >= 0.6 is 0 Å². The molecule has 0 fully saturated rings. The fraction of sp³-hybridized carbons (Fsp3) is 0.789. The van der Waals surface area contributed by atoms with Crippen LogP contribution in [0.25, 0.3) is 0 Å². The minimum atomic E-state index is -0.781. The van der Waals surface area contributed by atoms with Crippen LogP contribution < -0.4 is 0 Å². The van der Waals surface area contributed by atoms with Crippen molar-refractivity contribution in [2.75, 3.05) is 13.2 Å². The highest BCUT2D eigenvalue weighted by Crippen LogP contribution is 2.17. The molecule has 77 heavy (non-hydrogen) atoms. The molecule has 0 aromatic carbocycles. The summed E-state index contributed by atoms with van der Waals surface area (Å²) in [6.07, 6.45) is 84.8. The van der Waals surface area contributed by atoms with Crippen molar-refractivity contribution in [3.63, 3.8) is 0 Å². The quantitative estimate of drug-likeness (QED) is 0.0261. The average Bonchev–Trinajstić information content (AvgIpc) is 3.43. The van der Waals surface area contributed by atoms with E-state index in [-0.39, 0.29) is 31.1 Å². The molecule has 0 aliphatic heterocycles. The van der Waals surface area contributed by atoms with Crippen LogP contribution in [-0.4, -0.2) is 37.2 Å². The van der Waals surface area contributed by atoms with E-state index < -0.39 is 6.10 Å². The van der Waals surface area contributed by atoms with Gasteiger partial charge in [0.2, 0.25) is 0 Å². The van der Waals surface area contributed by atoms with Crippen molar-refractivity contribution in [3.8, 4) is 0 Å². The molecule has 0 saturated heterocycles. The van der Waals surface area contributed by atoms with Gasteiger partial charge in [0.05, 0.1) is 0 Å². The molecule has 0 N–H and O–H groups in total. The number of unbranched alkanes of at least 4 members (excludes halogenated alkanes) is 38. The van der Waals surface area contributed by atoms with Crippen molar-refractivity contribution >= 4 is 17.9 Å². The highest BCUT2D eigenvalue weighted by atomic mass is 16.6. The number of allylic oxidation sites excluding steroid dienone is 12. The van der Waals surface area contributed by atoms with Gasteiger partial charge in [-0.3, -0.25) is 14.4 Å². The maximum absolute atomic E-state index is 12.9. The summed E-state index contributed by atoms with van der Waals surface area (Å²) in [6, 6.07) is 0. The van der Waals surface area contributed by atoms with E-state index in [0.717, 1.165) is 96.3 Å². The summed E-state index contributed by atoms with van der Waals surface area (Å²) in [5, 5.41) is 0. The minimum Gasteiger partial charge on any atom is -0.462 e. The summed E-state index contributed by atoms with van der Waals surface area (Å²) in [4.78, 5) is 38.4. The van der Waals surface area contributed by atoms with Gasteiger partial charge >= 0.3 is 17.9 Å². The summed E-state index contributed by atoms with van der Waals surface area (Å²) in [6.45, 7) is 6.55. The summed E-state index contributed by atoms with van der Waals surface area (Å²) in [7, 11) is 0. The van der Waals surface area contributed by atoms with Gasteiger partial charge in [-0.25, -0.2) is 0 Å². The van der Waals surface area contributed by atoms with Gasteiger partial charge in [0.15, 0.2) is 6.10 Å². The largest absolute Gasteiger partial charge is 0.462 e. The first-order chi connectivity index (χ1) is 38.0. The SMILES string of the molecule is CC/C=C\C/C=C\C/C=C\C/C=C\CCCCCCCCCCC(=O)OCC(COC(=O)CCCCCCCCCCCCCCCCCCCCC)OC(=O)CCCCCCCCCCC/C=C\C/C=C\CCCCC. The number of ether oxygens (including phenoxy) is 3. The highest BCUT2D eigenvalue weighted by molar-refractivity contribution is 5.71. The lowest BCUT2D eigenvalue weighted by Crippen LogP contribution is -2.30. The first-order valence-electron chi connectivity index (χ1n) is 33.4. The summed E-state index contributed by atoms with van der Waals surface area (Å²) in [5.41, 5.74) is 0. The van der Waals surface area contributed by atoms with E-state index in [1.807, 2.05) is 0 Å². The Balaban J connectivity index is 4.37. The molecule has 0 aliphatic carbocycles. The zero-order valence-corrected chi connectivity index (χ0v) is 51.2. The molecule has 0 bridgehead atoms. The van der Waals surface area contributed by atoms with Gasteiger partial charge in [-0.2, -0.15) is 0 Å². The monoisotopic (exact) mass is 1070 g/mol. The molecule has 0 spiro atoms. The Hall–Kier alpha value is -3.15. The van der Waals surface area contributed by atoms with E-state index in [1.54, 1.807) is 0 Å². The van der Waals surface area contributed by atoms with Crippen LogP contribution in [0.5, 0.6) is 0 Å². The third kappa shape index (κ3) is 63.6. The van der Waals surface area contributed by atoms with E-state index in [2.05, 4.69) is 93.7 Å². The van der Waals surface area contributed by atoms with Crippen LogP contribution in [-0.2, 0) is 28.6 Å². The standard InChI is InChI=1S/C71H126O6/c1-4-7-10-13-16-19-22-25-28-31-34-35-38-40-43-46-49-52-55-58-61-64-70(73)76-67-68(77-71(74)65-62-59-56-53-50-47-44-41-37-33-30-27-24-21-18-15-12-9-6-3)66-75-69(72)63-60-57-54-51-48-45-42-39-36-32-29-26-23-20-17-14-11-8-5-2/h7,10,16,18-19,21,25,27-28,30,34-35,68H,4-6,8-9,11-15,17,20,22-24,26,29,31-33,36-67H2,1-3H3/b10-7-,19-16-,21-18-,28-25-,30-27-,35-34-. The highest BCUT2D eigenvalue weighted by Gasteiger charge is 2.19. The van der Waals surface area contributed by atoms with Crippen LogP contribution in [0, 0.1) is 0 Å². The van der Waals surface area contributed by atoms with E-state index in [9.17, 15) is 14.4 Å². The Morgan fingerprint density at radius 1 is 0.273 bits per heavy atom. The van der Waals surface area contributed by atoms with E-state index in [1.165, 1.54) is 205 Å². The van der Waals surface area contributed by atoms with Crippen LogP contribution in [0.15, 0.2) is 72.9 Å². The fourth-order valence-corrected chi connectivity index (χ4v) is 9.70. The first-order valence-corrected chi connectivity index (χ1v) is 33.4. The van der Waals surface area contributed by atoms with Gasteiger partial charge in [-0.05, 0) is 89.9 Å². The molecule has 0 aromatic rings. The van der Waals surface area contributed by atoms with Gasteiger partial charge in [0.25, 0.3) is 0 Å². The molecule has 0 heterocycles. The van der Waals surface area contributed by atoms with Crippen LogP contribution in [0.1, 0.15) is 342 Å². The van der Waals surface area contributed by atoms with Crippen molar-refractivity contribution in [1.29, 1.82) is 0 Å². The van der Waals surface area contributed by atoms with Crippen molar-refractivity contribution in [1.82, 2.24) is 0 Å². The molecule has 0 aromatic heterocycles. The summed E-state index contributed by atoms with van der Waals surface area (Å²) >= 11 is 0. The Labute approximate surface area is 478 Å². The fourth-order valence-electron chi connectivity index (χ4n) is 9.70. The van der Waals surface area contributed by atoms with E-state index in [0.29, 0.717) is 19.3 Å². The molecule has 0 amide bonds. The van der Waals surface area contributed by atoms with Crippen LogP contribution in [0.4, 0.5) is 0 Å². The smallest absolute Gasteiger partial charge is 0.306 e. The first kappa shape index (κ1) is 73.8. The Morgan fingerprint density at radius 2 is 0.506 bits per heavy atom. The average molecular weight is 1080 g/mol. The van der Waals surface area contributed by atoms with Gasteiger partial charge in [-0.1, -0.05) is 306 Å². The molecular formula is C71H126O6. The Morgan fingerprint density at radius 3 is 0.818 bits per heavy atom. The number of esters is 3. The number of rotatable bonds is 61. The molecular weight excluding hydrogens is 949 g/mol. The van der Waals surface area contributed by atoms with Crippen molar-refractivity contribution in [3.05, 3.63) is 72.9 Å². The second-order valence-electron chi connectivity index (χ2n) is 22.4. The number of hydrogen-bond acceptors (Lipinski definition) is 6. The second-order valence-corrected chi connectivity index (χ2v) is 22.4. The maximum atomic E-state index is 12.9. The zero-order chi connectivity index (χ0) is 55.7. The van der Waals surface area contributed by atoms with E-state index >= 15 is 0 Å². The third-order valence-corrected chi connectivity index (χ3v) is 14.7. The lowest BCUT2D eigenvalue weighted by Gasteiger charge is -2.18. The lowest BCUT2D eigenvalue weighted by atomic mass is 10.0. The Kier molecular flexibility index (Phi) is 62.7. The molecule has 0 saturated carbocycles. The molecule has 446 valence electrons. The second kappa shape index (κ2) is 65.4. The lowest BCUT2D eigenvalue weighted by molar-refractivity contribution is -0.167. The van der Waals surface area contributed by atoms with Gasteiger partial charge < -0.3 is 14.2 Å². The topological polar surface area (TPSA) is 78.9 Å². The molecule has 0 radical (unpaired) electrons. The predicted octanol–water partition coefficient (Wildman–Crippen LogP) is 22.9. The molecule has 0 rings (SSSR count). The molecule has 0 aliphatic rings. The normalized spacial score (nSPS) is 12.5. The molecule has 1 unspecified atom stereocenters.